The number of piperidine rings is 1. The Morgan fingerprint density at radius 3 is 2.28 bits per heavy atom. The number of rotatable bonds is 7. The summed E-state index contributed by atoms with van der Waals surface area (Å²) in [7, 11) is 0. The Balaban J connectivity index is 1.29. The standard InChI is InChI=1S/C30H31N3O3/c1-2-36-25-16-14-22(15-17-25)12-13-23-18-20-32(21-19-23)30(35)28-26-10-6-7-11-27(26)29(34)33(31-28)24-8-4-3-5-9-24/h3-11,14-17,23H,2,12-13,18-21H2,1H3. The molecule has 0 radical (unpaired) electrons. The van der Waals surface area contributed by atoms with Crippen molar-refractivity contribution >= 4 is 16.7 Å². The average Bonchev–Trinajstić information content (AvgIpc) is 2.94. The SMILES string of the molecule is CCOc1ccc(CCC2CCN(C(=O)c3nn(-c4ccccc4)c(=O)c4ccccc34)CC2)cc1. The van der Waals surface area contributed by atoms with Crippen LogP contribution in [0.2, 0.25) is 0 Å². The van der Waals surface area contributed by atoms with Crippen LogP contribution in [0.3, 0.4) is 0 Å². The molecule has 3 aromatic carbocycles. The molecule has 184 valence electrons. The summed E-state index contributed by atoms with van der Waals surface area (Å²) >= 11 is 0. The van der Waals surface area contributed by atoms with Gasteiger partial charge in [-0.3, -0.25) is 9.59 Å². The van der Waals surface area contributed by atoms with Gasteiger partial charge in [0, 0.05) is 18.5 Å². The van der Waals surface area contributed by atoms with E-state index in [1.807, 2.05) is 72.5 Å². The number of hydrogen-bond donors (Lipinski definition) is 0. The van der Waals surface area contributed by atoms with Crippen molar-refractivity contribution in [1.82, 2.24) is 14.7 Å². The number of para-hydroxylation sites is 1. The molecule has 0 bridgehead atoms. The van der Waals surface area contributed by atoms with Crippen LogP contribution in [0.4, 0.5) is 0 Å². The lowest BCUT2D eigenvalue weighted by Crippen LogP contribution is -2.40. The molecule has 0 spiro atoms. The summed E-state index contributed by atoms with van der Waals surface area (Å²) in [4.78, 5) is 28.6. The van der Waals surface area contributed by atoms with Gasteiger partial charge in [-0.1, -0.05) is 48.5 Å². The number of carbonyl (C=O) groups is 1. The van der Waals surface area contributed by atoms with Crippen molar-refractivity contribution in [3.63, 3.8) is 0 Å². The number of carbonyl (C=O) groups excluding carboxylic acids is 1. The highest BCUT2D eigenvalue weighted by Gasteiger charge is 2.27. The maximum absolute atomic E-state index is 13.6. The number of aryl methyl sites for hydroxylation is 1. The maximum Gasteiger partial charge on any atom is 0.279 e. The van der Waals surface area contributed by atoms with Gasteiger partial charge >= 0.3 is 0 Å². The lowest BCUT2D eigenvalue weighted by molar-refractivity contribution is 0.0681. The average molecular weight is 482 g/mol. The summed E-state index contributed by atoms with van der Waals surface area (Å²) in [6.07, 6.45) is 4.08. The Bertz CT molecular complexity index is 1390. The van der Waals surface area contributed by atoms with Crippen LogP contribution >= 0.6 is 0 Å². The fourth-order valence-corrected chi connectivity index (χ4v) is 4.96. The van der Waals surface area contributed by atoms with E-state index in [0.29, 0.717) is 47.8 Å². The second kappa shape index (κ2) is 10.8. The smallest absolute Gasteiger partial charge is 0.279 e. The maximum atomic E-state index is 13.6. The second-order valence-electron chi connectivity index (χ2n) is 9.30. The Hall–Kier alpha value is -3.93. The monoisotopic (exact) mass is 481 g/mol. The van der Waals surface area contributed by atoms with Gasteiger partial charge in [-0.15, -0.1) is 0 Å². The molecule has 6 heteroatoms. The van der Waals surface area contributed by atoms with Gasteiger partial charge in [-0.05, 0) is 74.4 Å². The fourth-order valence-electron chi connectivity index (χ4n) is 4.96. The zero-order chi connectivity index (χ0) is 24.9. The van der Waals surface area contributed by atoms with Crippen LogP contribution in [0.5, 0.6) is 5.75 Å². The predicted octanol–water partition coefficient (Wildman–Crippen LogP) is 5.27. The number of hydrogen-bond acceptors (Lipinski definition) is 4. The number of likely N-dealkylation sites (tertiary alicyclic amines) is 1. The van der Waals surface area contributed by atoms with Gasteiger partial charge in [0.05, 0.1) is 17.7 Å². The van der Waals surface area contributed by atoms with E-state index in [1.165, 1.54) is 10.2 Å². The lowest BCUT2D eigenvalue weighted by Gasteiger charge is -2.32. The summed E-state index contributed by atoms with van der Waals surface area (Å²) in [5.41, 5.74) is 2.08. The van der Waals surface area contributed by atoms with Gasteiger partial charge in [-0.25, -0.2) is 0 Å². The first-order valence-electron chi connectivity index (χ1n) is 12.7. The van der Waals surface area contributed by atoms with Crippen LogP contribution in [-0.2, 0) is 6.42 Å². The molecule has 1 aliphatic rings. The predicted molar refractivity (Wildman–Crippen MR) is 142 cm³/mol. The normalized spacial score (nSPS) is 14.2. The Morgan fingerprint density at radius 1 is 0.917 bits per heavy atom. The van der Waals surface area contributed by atoms with Crippen molar-refractivity contribution < 1.29 is 9.53 Å². The molecule has 0 atom stereocenters. The molecule has 6 nitrogen and oxygen atoms in total. The highest BCUT2D eigenvalue weighted by molar-refractivity contribution is 6.04. The minimum absolute atomic E-state index is 0.110. The lowest BCUT2D eigenvalue weighted by atomic mass is 9.90. The molecule has 0 aliphatic carbocycles. The topological polar surface area (TPSA) is 64.4 Å². The molecule has 0 saturated carbocycles. The van der Waals surface area contributed by atoms with Crippen molar-refractivity contribution in [3.05, 3.63) is 100 Å². The fraction of sp³-hybridized carbons (Fsp3) is 0.300. The van der Waals surface area contributed by atoms with Crippen molar-refractivity contribution in [2.75, 3.05) is 19.7 Å². The third kappa shape index (κ3) is 5.03. The zero-order valence-corrected chi connectivity index (χ0v) is 20.6. The second-order valence-corrected chi connectivity index (χ2v) is 9.30. The van der Waals surface area contributed by atoms with Crippen LogP contribution < -0.4 is 10.3 Å². The molecule has 1 saturated heterocycles. The minimum atomic E-state index is -0.221. The molecule has 1 amide bonds. The Kier molecular flexibility index (Phi) is 7.12. The Morgan fingerprint density at radius 2 is 1.58 bits per heavy atom. The quantitative estimate of drug-likeness (QED) is 0.361. The summed E-state index contributed by atoms with van der Waals surface area (Å²) in [6, 6.07) is 24.9. The van der Waals surface area contributed by atoms with Crippen LogP contribution in [0.15, 0.2) is 83.7 Å². The van der Waals surface area contributed by atoms with Crippen molar-refractivity contribution in [2.24, 2.45) is 5.92 Å². The summed E-state index contributed by atoms with van der Waals surface area (Å²) < 4.78 is 6.88. The zero-order valence-electron chi connectivity index (χ0n) is 20.6. The molecule has 1 aromatic heterocycles. The minimum Gasteiger partial charge on any atom is -0.494 e. The van der Waals surface area contributed by atoms with Gasteiger partial charge < -0.3 is 9.64 Å². The molecule has 36 heavy (non-hydrogen) atoms. The number of amides is 1. The first kappa shape index (κ1) is 23.8. The largest absolute Gasteiger partial charge is 0.494 e. The number of ether oxygens (including phenoxy) is 1. The van der Waals surface area contributed by atoms with E-state index in [1.54, 1.807) is 6.07 Å². The van der Waals surface area contributed by atoms with Gasteiger partial charge in [0.2, 0.25) is 0 Å². The highest BCUT2D eigenvalue weighted by atomic mass is 16.5. The van der Waals surface area contributed by atoms with Gasteiger partial charge in [-0.2, -0.15) is 9.78 Å². The third-order valence-corrected chi connectivity index (χ3v) is 6.99. The molecule has 4 aromatic rings. The van der Waals surface area contributed by atoms with Crippen molar-refractivity contribution in [1.29, 1.82) is 0 Å². The molecule has 0 N–H and O–H groups in total. The van der Waals surface area contributed by atoms with Crippen LogP contribution in [0, 0.1) is 5.92 Å². The summed E-state index contributed by atoms with van der Waals surface area (Å²) in [5.74, 6) is 1.39. The van der Waals surface area contributed by atoms with Crippen molar-refractivity contribution in [2.45, 2.75) is 32.6 Å². The molecular weight excluding hydrogens is 450 g/mol. The number of benzene rings is 3. The third-order valence-electron chi connectivity index (χ3n) is 6.99. The Labute approximate surface area is 211 Å². The highest BCUT2D eigenvalue weighted by Crippen LogP contribution is 2.25. The summed E-state index contributed by atoms with van der Waals surface area (Å²) in [6.45, 7) is 4.07. The van der Waals surface area contributed by atoms with E-state index in [2.05, 4.69) is 17.2 Å². The van der Waals surface area contributed by atoms with E-state index < -0.39 is 0 Å². The molecular formula is C30H31N3O3. The van der Waals surface area contributed by atoms with Crippen molar-refractivity contribution in [3.8, 4) is 11.4 Å². The van der Waals surface area contributed by atoms with Crippen LogP contribution in [0.1, 0.15) is 42.2 Å². The van der Waals surface area contributed by atoms with E-state index in [-0.39, 0.29) is 11.5 Å². The van der Waals surface area contributed by atoms with Gasteiger partial charge in [0.25, 0.3) is 11.5 Å². The van der Waals surface area contributed by atoms with E-state index in [9.17, 15) is 9.59 Å². The molecule has 1 fully saturated rings. The van der Waals surface area contributed by atoms with Gasteiger partial charge in [0.1, 0.15) is 5.75 Å². The van der Waals surface area contributed by atoms with E-state index in [4.69, 9.17) is 4.74 Å². The molecule has 5 rings (SSSR count). The summed E-state index contributed by atoms with van der Waals surface area (Å²) in [5, 5.41) is 5.68. The molecule has 0 unspecified atom stereocenters. The molecule has 2 heterocycles. The number of fused-ring (bicyclic) bond motifs is 1. The van der Waals surface area contributed by atoms with Crippen LogP contribution in [0.25, 0.3) is 16.5 Å². The first-order valence-corrected chi connectivity index (χ1v) is 12.7. The first-order chi connectivity index (χ1) is 17.6. The van der Waals surface area contributed by atoms with E-state index >= 15 is 0 Å². The molecule has 1 aliphatic heterocycles. The number of aromatic nitrogens is 2. The van der Waals surface area contributed by atoms with Gasteiger partial charge in [0.15, 0.2) is 5.69 Å². The van der Waals surface area contributed by atoms with Crippen LogP contribution in [-0.4, -0.2) is 40.3 Å². The number of nitrogens with zero attached hydrogens (tertiary/aromatic N) is 3. The van der Waals surface area contributed by atoms with E-state index in [0.717, 1.165) is 31.4 Å².